The lowest BCUT2D eigenvalue weighted by molar-refractivity contribution is -0.126. The molecule has 1 saturated heterocycles. The number of likely N-dealkylation sites (tertiary alicyclic amines) is 1. The second-order valence-corrected chi connectivity index (χ2v) is 8.37. The fourth-order valence-electron chi connectivity index (χ4n) is 3.70. The highest BCUT2D eigenvalue weighted by Crippen LogP contribution is 2.34. The summed E-state index contributed by atoms with van der Waals surface area (Å²) in [7, 11) is 1.54. The van der Waals surface area contributed by atoms with E-state index in [1.807, 2.05) is 29.2 Å². The van der Waals surface area contributed by atoms with Crippen LogP contribution in [0.25, 0.3) is 16.3 Å². The average Bonchev–Trinajstić information content (AvgIpc) is 3.26. The quantitative estimate of drug-likeness (QED) is 0.530. The standard InChI is InChI=1S/C24H23N3O3S/c1-29-21-16-17(6-8-20(21)30-15-12-25)7-9-23(28)27-13-10-18(11-14-27)24-26-19-4-2-3-5-22(19)31-24/h2-9,16,18H,10-11,13-15H2,1H3. The molecule has 3 aromatic rings. The number of amides is 1. The molecule has 31 heavy (non-hydrogen) atoms. The van der Waals surface area contributed by atoms with Gasteiger partial charge in [0.15, 0.2) is 18.1 Å². The molecule has 1 aromatic heterocycles. The summed E-state index contributed by atoms with van der Waals surface area (Å²) in [5, 5.41) is 9.83. The number of thiazole rings is 1. The normalized spacial score (nSPS) is 14.6. The van der Waals surface area contributed by atoms with Crippen molar-refractivity contribution in [2.45, 2.75) is 18.8 Å². The van der Waals surface area contributed by atoms with Crippen LogP contribution in [0.4, 0.5) is 0 Å². The number of rotatable bonds is 6. The maximum atomic E-state index is 12.7. The minimum Gasteiger partial charge on any atom is -0.493 e. The van der Waals surface area contributed by atoms with Gasteiger partial charge in [-0.3, -0.25) is 4.79 Å². The van der Waals surface area contributed by atoms with Gasteiger partial charge in [-0.1, -0.05) is 18.2 Å². The van der Waals surface area contributed by atoms with Crippen LogP contribution in [0.1, 0.15) is 29.3 Å². The number of hydrogen-bond donors (Lipinski definition) is 0. The third-order valence-electron chi connectivity index (χ3n) is 5.36. The molecule has 0 radical (unpaired) electrons. The Balaban J connectivity index is 1.35. The Morgan fingerprint density at radius 1 is 1.26 bits per heavy atom. The van der Waals surface area contributed by atoms with Crippen LogP contribution in [0, 0.1) is 11.3 Å². The number of ether oxygens (including phenoxy) is 2. The van der Waals surface area contributed by atoms with E-state index in [0.29, 0.717) is 17.4 Å². The second kappa shape index (κ2) is 9.63. The van der Waals surface area contributed by atoms with Gasteiger partial charge in [0.25, 0.3) is 0 Å². The zero-order valence-electron chi connectivity index (χ0n) is 17.3. The largest absolute Gasteiger partial charge is 0.493 e. The van der Waals surface area contributed by atoms with Gasteiger partial charge >= 0.3 is 0 Å². The van der Waals surface area contributed by atoms with Crippen LogP contribution in [-0.2, 0) is 4.79 Å². The molecule has 4 rings (SSSR count). The van der Waals surface area contributed by atoms with E-state index in [4.69, 9.17) is 19.7 Å². The second-order valence-electron chi connectivity index (χ2n) is 7.31. The van der Waals surface area contributed by atoms with Crippen molar-refractivity contribution in [3.05, 3.63) is 59.1 Å². The molecule has 158 valence electrons. The van der Waals surface area contributed by atoms with Gasteiger partial charge in [0.1, 0.15) is 6.07 Å². The Hall–Kier alpha value is -3.37. The molecule has 0 saturated carbocycles. The third kappa shape index (κ3) is 4.86. The van der Waals surface area contributed by atoms with Crippen molar-refractivity contribution >= 4 is 33.5 Å². The van der Waals surface area contributed by atoms with Gasteiger partial charge in [-0.05, 0) is 48.7 Å². The topological polar surface area (TPSA) is 75.4 Å². The fourth-order valence-corrected chi connectivity index (χ4v) is 4.84. The predicted molar refractivity (Wildman–Crippen MR) is 121 cm³/mol. The molecule has 0 N–H and O–H groups in total. The van der Waals surface area contributed by atoms with Crippen LogP contribution in [0.15, 0.2) is 48.5 Å². The van der Waals surface area contributed by atoms with Gasteiger partial charge in [0.2, 0.25) is 5.91 Å². The zero-order valence-corrected chi connectivity index (χ0v) is 18.1. The smallest absolute Gasteiger partial charge is 0.246 e. The molecule has 0 aliphatic carbocycles. The van der Waals surface area contributed by atoms with E-state index in [9.17, 15) is 4.79 Å². The average molecular weight is 434 g/mol. The summed E-state index contributed by atoms with van der Waals surface area (Å²) >= 11 is 1.76. The highest BCUT2D eigenvalue weighted by atomic mass is 32.1. The lowest BCUT2D eigenvalue weighted by Crippen LogP contribution is -2.36. The van der Waals surface area contributed by atoms with Crippen LogP contribution in [-0.4, -0.2) is 42.6 Å². The van der Waals surface area contributed by atoms with Crippen molar-refractivity contribution in [3.8, 4) is 17.6 Å². The van der Waals surface area contributed by atoms with Crippen LogP contribution in [0.3, 0.4) is 0 Å². The molecule has 1 aliphatic rings. The number of methoxy groups -OCH3 is 1. The Morgan fingerprint density at radius 3 is 2.81 bits per heavy atom. The zero-order chi connectivity index (χ0) is 21.6. The lowest BCUT2D eigenvalue weighted by Gasteiger charge is -2.30. The number of nitrogens with zero attached hydrogens (tertiary/aromatic N) is 3. The van der Waals surface area contributed by atoms with Crippen molar-refractivity contribution in [2.75, 3.05) is 26.8 Å². The van der Waals surface area contributed by atoms with E-state index in [2.05, 4.69) is 12.1 Å². The number of benzene rings is 2. The number of fused-ring (bicyclic) bond motifs is 1. The summed E-state index contributed by atoms with van der Waals surface area (Å²) in [5.74, 6) is 1.45. The molecular weight excluding hydrogens is 410 g/mol. The molecule has 1 aliphatic heterocycles. The van der Waals surface area contributed by atoms with Crippen LogP contribution < -0.4 is 9.47 Å². The first kappa shape index (κ1) is 20.9. The van der Waals surface area contributed by atoms with Crippen molar-refractivity contribution in [2.24, 2.45) is 0 Å². The Bertz CT molecular complexity index is 1110. The molecular formula is C24H23N3O3S. The number of carbonyl (C=O) groups excluding carboxylic acids is 1. The highest BCUT2D eigenvalue weighted by molar-refractivity contribution is 7.18. The van der Waals surface area contributed by atoms with Gasteiger partial charge < -0.3 is 14.4 Å². The van der Waals surface area contributed by atoms with Gasteiger partial charge in [-0.2, -0.15) is 5.26 Å². The Kier molecular flexibility index (Phi) is 6.48. The van der Waals surface area contributed by atoms with Crippen LogP contribution in [0.5, 0.6) is 11.5 Å². The molecule has 1 amide bonds. The first-order valence-electron chi connectivity index (χ1n) is 10.2. The highest BCUT2D eigenvalue weighted by Gasteiger charge is 2.25. The Labute approximate surface area is 185 Å². The number of piperidine rings is 1. The first-order chi connectivity index (χ1) is 15.2. The molecule has 0 bridgehead atoms. The monoisotopic (exact) mass is 433 g/mol. The molecule has 2 heterocycles. The number of nitriles is 1. The molecule has 6 nitrogen and oxygen atoms in total. The first-order valence-corrected chi connectivity index (χ1v) is 11.0. The molecule has 0 spiro atoms. The summed E-state index contributed by atoms with van der Waals surface area (Å²) in [5.41, 5.74) is 1.89. The maximum Gasteiger partial charge on any atom is 0.246 e. The van der Waals surface area contributed by atoms with Crippen LogP contribution >= 0.6 is 11.3 Å². The van der Waals surface area contributed by atoms with Gasteiger partial charge in [-0.25, -0.2) is 4.98 Å². The minimum absolute atomic E-state index is 0.00604. The van der Waals surface area contributed by atoms with Crippen molar-refractivity contribution in [3.63, 3.8) is 0 Å². The van der Waals surface area contributed by atoms with E-state index < -0.39 is 0 Å². The third-order valence-corrected chi connectivity index (χ3v) is 6.56. The Morgan fingerprint density at radius 2 is 2.06 bits per heavy atom. The molecule has 2 aromatic carbocycles. The van der Waals surface area contributed by atoms with E-state index in [1.54, 1.807) is 42.7 Å². The summed E-state index contributed by atoms with van der Waals surface area (Å²) in [6, 6.07) is 15.5. The number of aromatic nitrogens is 1. The van der Waals surface area contributed by atoms with E-state index in [0.717, 1.165) is 37.0 Å². The number of para-hydroxylation sites is 1. The summed E-state index contributed by atoms with van der Waals surface area (Å²) in [4.78, 5) is 19.3. The number of carbonyl (C=O) groups is 1. The van der Waals surface area contributed by atoms with Gasteiger partial charge in [-0.15, -0.1) is 11.3 Å². The molecule has 0 atom stereocenters. The summed E-state index contributed by atoms with van der Waals surface area (Å²) in [6.07, 6.45) is 5.23. The number of hydrogen-bond acceptors (Lipinski definition) is 6. The van der Waals surface area contributed by atoms with Gasteiger partial charge in [0, 0.05) is 25.1 Å². The fraction of sp³-hybridized carbons (Fsp3) is 0.292. The predicted octanol–water partition coefficient (Wildman–Crippen LogP) is 4.63. The SMILES string of the molecule is COc1cc(C=CC(=O)N2CCC(c3nc4ccccc4s3)CC2)ccc1OCC#N. The molecule has 0 unspecified atom stereocenters. The summed E-state index contributed by atoms with van der Waals surface area (Å²) in [6.45, 7) is 1.42. The summed E-state index contributed by atoms with van der Waals surface area (Å²) < 4.78 is 11.9. The minimum atomic E-state index is -0.0446. The molecule has 7 heteroatoms. The maximum absolute atomic E-state index is 12.7. The molecule has 1 fully saturated rings. The van der Waals surface area contributed by atoms with E-state index in [1.165, 1.54) is 9.71 Å². The van der Waals surface area contributed by atoms with Crippen molar-refractivity contribution in [1.29, 1.82) is 5.26 Å². The van der Waals surface area contributed by atoms with Crippen molar-refractivity contribution in [1.82, 2.24) is 9.88 Å². The van der Waals surface area contributed by atoms with E-state index >= 15 is 0 Å². The lowest BCUT2D eigenvalue weighted by atomic mass is 9.97. The van der Waals surface area contributed by atoms with Crippen LogP contribution in [0.2, 0.25) is 0 Å². The van der Waals surface area contributed by atoms with Crippen molar-refractivity contribution < 1.29 is 14.3 Å². The van der Waals surface area contributed by atoms with E-state index in [-0.39, 0.29) is 12.5 Å². The van der Waals surface area contributed by atoms with Gasteiger partial charge in [0.05, 0.1) is 22.3 Å².